The van der Waals surface area contributed by atoms with Crippen LogP contribution >= 0.6 is 0 Å². The van der Waals surface area contributed by atoms with Gasteiger partial charge in [-0.2, -0.15) is 0 Å². The summed E-state index contributed by atoms with van der Waals surface area (Å²) in [6, 6.07) is 19.3. The molecule has 3 atom stereocenters. The molecule has 3 nitrogen and oxygen atoms in total. The smallest absolute Gasteiger partial charge is 0.188 e. The van der Waals surface area contributed by atoms with E-state index in [2.05, 4.69) is 12.2 Å². The monoisotopic (exact) mass is 333 g/mol. The maximum atomic E-state index is 13.3. The van der Waals surface area contributed by atoms with Crippen molar-refractivity contribution in [2.75, 3.05) is 5.06 Å². The van der Waals surface area contributed by atoms with Gasteiger partial charge in [0.25, 0.3) is 0 Å². The van der Waals surface area contributed by atoms with Crippen molar-refractivity contribution in [3.8, 4) is 0 Å². The number of carbonyl (C=O) groups excluding carboxylic acids is 1. The lowest BCUT2D eigenvalue weighted by molar-refractivity contribution is 0.0612. The third-order valence-corrected chi connectivity index (χ3v) is 5.17. The van der Waals surface area contributed by atoms with Gasteiger partial charge in [0.15, 0.2) is 5.78 Å². The molecular formula is C22H23NO2. The Morgan fingerprint density at radius 3 is 2.24 bits per heavy atom. The molecule has 0 bridgehead atoms. The Morgan fingerprint density at radius 1 is 0.880 bits per heavy atom. The van der Waals surface area contributed by atoms with E-state index in [-0.39, 0.29) is 23.8 Å². The number of benzene rings is 2. The van der Waals surface area contributed by atoms with E-state index in [1.807, 2.05) is 65.7 Å². The Bertz CT molecular complexity index is 741. The van der Waals surface area contributed by atoms with Gasteiger partial charge in [0, 0.05) is 11.5 Å². The molecule has 0 saturated carbocycles. The molecule has 1 aliphatic carbocycles. The van der Waals surface area contributed by atoms with E-state index in [1.54, 1.807) is 0 Å². The van der Waals surface area contributed by atoms with Gasteiger partial charge >= 0.3 is 0 Å². The van der Waals surface area contributed by atoms with E-state index < -0.39 is 0 Å². The third-order valence-electron chi connectivity index (χ3n) is 5.17. The number of ketones is 1. The minimum Gasteiger partial charge on any atom is -0.292 e. The van der Waals surface area contributed by atoms with Gasteiger partial charge in [0.2, 0.25) is 0 Å². The lowest BCUT2D eigenvalue weighted by Crippen LogP contribution is -2.40. The highest BCUT2D eigenvalue weighted by molar-refractivity contribution is 6.02. The van der Waals surface area contributed by atoms with Gasteiger partial charge in [-0.1, -0.05) is 60.7 Å². The van der Waals surface area contributed by atoms with Crippen LogP contribution in [0.2, 0.25) is 0 Å². The summed E-state index contributed by atoms with van der Waals surface area (Å²) < 4.78 is 0. The van der Waals surface area contributed by atoms with Crippen molar-refractivity contribution in [2.24, 2.45) is 5.92 Å². The first-order valence-corrected chi connectivity index (χ1v) is 9.10. The zero-order valence-electron chi connectivity index (χ0n) is 14.3. The second-order valence-corrected chi connectivity index (χ2v) is 6.77. The zero-order valence-corrected chi connectivity index (χ0v) is 14.3. The summed E-state index contributed by atoms with van der Waals surface area (Å²) in [5.41, 5.74) is 1.71. The van der Waals surface area contributed by atoms with Gasteiger partial charge in [-0.25, -0.2) is 5.06 Å². The number of para-hydroxylation sites is 1. The standard InChI is InChI=1S/C22H23NO2/c24-22(17-11-5-3-6-12-17)21-19-15-9-1-2-10-16-20(19)25-23(21)18-13-7-4-8-14-18/h1-8,11-14,19-21H,9-10,15-16H2/b2-1-. The van der Waals surface area contributed by atoms with Gasteiger partial charge in [0.1, 0.15) is 6.04 Å². The molecule has 0 aromatic heterocycles. The van der Waals surface area contributed by atoms with Gasteiger partial charge in [-0.3, -0.25) is 9.63 Å². The molecule has 3 heteroatoms. The lowest BCUT2D eigenvalue weighted by atomic mass is 9.83. The lowest BCUT2D eigenvalue weighted by Gasteiger charge is -2.26. The number of Topliss-reactive ketones (excluding diaryl/α,β-unsaturated/α-hetero) is 1. The van der Waals surface area contributed by atoms with E-state index in [9.17, 15) is 4.79 Å². The molecule has 0 spiro atoms. The molecule has 2 aliphatic rings. The number of allylic oxidation sites excluding steroid dienone is 2. The summed E-state index contributed by atoms with van der Waals surface area (Å²) in [5.74, 6) is 0.374. The van der Waals surface area contributed by atoms with Crippen molar-refractivity contribution in [1.29, 1.82) is 0 Å². The summed E-state index contributed by atoms with van der Waals surface area (Å²) in [5, 5.41) is 1.87. The molecule has 0 N–H and O–H groups in total. The predicted octanol–water partition coefficient (Wildman–Crippen LogP) is 4.80. The predicted molar refractivity (Wildman–Crippen MR) is 99.5 cm³/mol. The van der Waals surface area contributed by atoms with Crippen LogP contribution in [0.5, 0.6) is 0 Å². The Hall–Kier alpha value is -2.39. The number of anilines is 1. The summed E-state index contributed by atoms with van der Waals surface area (Å²) >= 11 is 0. The molecule has 3 unspecified atom stereocenters. The molecule has 2 aromatic rings. The number of nitrogens with zero attached hydrogens (tertiary/aromatic N) is 1. The minimum atomic E-state index is -0.263. The van der Waals surface area contributed by atoms with Gasteiger partial charge in [0.05, 0.1) is 11.8 Å². The van der Waals surface area contributed by atoms with Crippen LogP contribution in [0.3, 0.4) is 0 Å². The SMILES string of the molecule is O=C(c1ccccc1)C1C2CC/C=C\CCC2ON1c1ccccc1. The second kappa shape index (κ2) is 7.24. The zero-order chi connectivity index (χ0) is 17.1. The highest BCUT2D eigenvalue weighted by Crippen LogP contribution is 2.39. The molecule has 25 heavy (non-hydrogen) atoms. The number of hydrogen-bond acceptors (Lipinski definition) is 3. The largest absolute Gasteiger partial charge is 0.292 e. The van der Waals surface area contributed by atoms with E-state index in [1.165, 1.54) is 0 Å². The second-order valence-electron chi connectivity index (χ2n) is 6.77. The number of rotatable bonds is 3. The fraction of sp³-hybridized carbons (Fsp3) is 0.318. The van der Waals surface area contributed by atoms with Crippen LogP contribution in [-0.4, -0.2) is 17.9 Å². The Labute approximate surface area is 148 Å². The summed E-state index contributed by atoms with van der Waals surface area (Å²) in [6.07, 6.45) is 8.53. The minimum absolute atomic E-state index is 0.0998. The molecule has 1 fully saturated rings. The molecule has 0 amide bonds. The highest BCUT2D eigenvalue weighted by atomic mass is 16.7. The number of fused-ring (bicyclic) bond motifs is 1. The summed E-state index contributed by atoms with van der Waals surface area (Å²) in [7, 11) is 0. The molecule has 4 rings (SSSR count). The molecule has 1 aliphatic heterocycles. The normalized spacial score (nSPS) is 27.2. The number of hydrogen-bond donors (Lipinski definition) is 0. The van der Waals surface area contributed by atoms with Gasteiger partial charge in [-0.15, -0.1) is 0 Å². The third kappa shape index (κ3) is 3.24. The maximum absolute atomic E-state index is 13.3. The fourth-order valence-electron chi connectivity index (χ4n) is 3.93. The Balaban J connectivity index is 1.71. The van der Waals surface area contributed by atoms with Crippen molar-refractivity contribution in [1.82, 2.24) is 0 Å². The van der Waals surface area contributed by atoms with Crippen molar-refractivity contribution >= 4 is 11.5 Å². The van der Waals surface area contributed by atoms with Crippen molar-refractivity contribution in [3.63, 3.8) is 0 Å². The molecular weight excluding hydrogens is 310 g/mol. The van der Waals surface area contributed by atoms with Crippen LogP contribution in [-0.2, 0) is 4.84 Å². The molecule has 0 radical (unpaired) electrons. The number of hydroxylamine groups is 1. The fourth-order valence-corrected chi connectivity index (χ4v) is 3.93. The molecule has 1 heterocycles. The first kappa shape index (κ1) is 16.1. The Kier molecular flexibility index (Phi) is 4.66. The summed E-state index contributed by atoms with van der Waals surface area (Å²) in [6.45, 7) is 0. The molecule has 128 valence electrons. The number of carbonyl (C=O) groups is 1. The first-order valence-electron chi connectivity index (χ1n) is 9.10. The van der Waals surface area contributed by atoms with E-state index in [4.69, 9.17) is 4.84 Å². The van der Waals surface area contributed by atoms with E-state index >= 15 is 0 Å². The quantitative estimate of drug-likeness (QED) is 0.596. The van der Waals surface area contributed by atoms with Gasteiger partial charge in [-0.05, 0) is 37.8 Å². The highest BCUT2D eigenvalue weighted by Gasteiger charge is 2.46. The van der Waals surface area contributed by atoms with Crippen LogP contribution in [0.15, 0.2) is 72.8 Å². The Morgan fingerprint density at radius 2 is 1.52 bits per heavy atom. The van der Waals surface area contributed by atoms with Gasteiger partial charge < -0.3 is 0 Å². The van der Waals surface area contributed by atoms with Crippen LogP contribution in [0.1, 0.15) is 36.0 Å². The van der Waals surface area contributed by atoms with Crippen LogP contribution in [0, 0.1) is 5.92 Å². The molecule has 2 aromatic carbocycles. The van der Waals surface area contributed by atoms with Crippen molar-refractivity contribution < 1.29 is 9.63 Å². The average molecular weight is 333 g/mol. The first-order chi connectivity index (χ1) is 12.3. The van der Waals surface area contributed by atoms with E-state index in [0.29, 0.717) is 0 Å². The van der Waals surface area contributed by atoms with Crippen LogP contribution in [0.25, 0.3) is 0 Å². The van der Waals surface area contributed by atoms with Crippen LogP contribution in [0.4, 0.5) is 5.69 Å². The van der Waals surface area contributed by atoms with Crippen molar-refractivity contribution in [2.45, 2.75) is 37.8 Å². The van der Waals surface area contributed by atoms with Crippen LogP contribution < -0.4 is 5.06 Å². The van der Waals surface area contributed by atoms with Crippen molar-refractivity contribution in [3.05, 3.63) is 78.4 Å². The maximum Gasteiger partial charge on any atom is 0.188 e. The summed E-state index contributed by atoms with van der Waals surface area (Å²) in [4.78, 5) is 19.7. The molecule has 1 saturated heterocycles. The average Bonchev–Trinajstić information content (AvgIpc) is 3.00. The van der Waals surface area contributed by atoms with E-state index in [0.717, 1.165) is 36.9 Å². The topological polar surface area (TPSA) is 29.5 Å².